The maximum Gasteiger partial charge on any atom is 0.278 e. The van der Waals surface area contributed by atoms with Crippen molar-refractivity contribution in [2.45, 2.75) is 10.9 Å². The van der Waals surface area contributed by atoms with Crippen LogP contribution in [-0.2, 0) is 12.8 Å². The minimum Gasteiger partial charge on any atom is -0.311 e. The Bertz CT molecular complexity index is 876. The molecule has 5 nitrogen and oxygen atoms in total. The van der Waals surface area contributed by atoms with Crippen LogP contribution in [0.4, 0.5) is 4.39 Å². The number of halogens is 2. The first-order valence-corrected chi connectivity index (χ1v) is 7.81. The van der Waals surface area contributed by atoms with Gasteiger partial charge in [-0.1, -0.05) is 33.8 Å². The molecule has 8 heteroatoms. The number of benzene rings is 1. The van der Waals surface area contributed by atoms with Crippen molar-refractivity contribution in [2.75, 3.05) is 0 Å². The SMILES string of the molecule is Cn1c(SCc2ccc(Br)cc2F)nc2c(=O)[nH]cnc21. The van der Waals surface area contributed by atoms with Gasteiger partial charge in [0.2, 0.25) is 0 Å². The number of fused-ring (bicyclic) bond motifs is 1. The molecule has 0 fully saturated rings. The molecule has 1 N–H and O–H groups in total. The van der Waals surface area contributed by atoms with E-state index in [0.29, 0.717) is 32.1 Å². The summed E-state index contributed by atoms with van der Waals surface area (Å²) in [6, 6.07) is 4.94. The average Bonchev–Trinajstić information content (AvgIpc) is 2.77. The molecule has 0 amide bonds. The van der Waals surface area contributed by atoms with Crippen molar-refractivity contribution in [1.29, 1.82) is 0 Å². The Kier molecular flexibility index (Phi) is 3.81. The maximum absolute atomic E-state index is 13.8. The van der Waals surface area contributed by atoms with Crippen LogP contribution in [0.3, 0.4) is 0 Å². The minimum atomic E-state index is -0.280. The lowest BCUT2D eigenvalue weighted by atomic mass is 10.2. The van der Waals surface area contributed by atoms with Gasteiger partial charge >= 0.3 is 0 Å². The molecule has 0 saturated heterocycles. The maximum atomic E-state index is 13.8. The molecule has 0 unspecified atom stereocenters. The van der Waals surface area contributed by atoms with Gasteiger partial charge in [-0.25, -0.2) is 14.4 Å². The van der Waals surface area contributed by atoms with Crippen LogP contribution in [-0.4, -0.2) is 19.5 Å². The molecule has 21 heavy (non-hydrogen) atoms. The van der Waals surface area contributed by atoms with Crippen molar-refractivity contribution in [3.05, 3.63) is 50.7 Å². The monoisotopic (exact) mass is 368 g/mol. The van der Waals surface area contributed by atoms with Crippen LogP contribution in [0.15, 0.2) is 39.0 Å². The van der Waals surface area contributed by atoms with Gasteiger partial charge in [0.1, 0.15) is 5.82 Å². The van der Waals surface area contributed by atoms with E-state index in [1.807, 2.05) is 0 Å². The third kappa shape index (κ3) is 2.73. The summed E-state index contributed by atoms with van der Waals surface area (Å²) < 4.78 is 16.2. The van der Waals surface area contributed by atoms with E-state index < -0.39 is 0 Å². The van der Waals surface area contributed by atoms with Crippen LogP contribution in [0, 0.1) is 5.82 Å². The van der Waals surface area contributed by atoms with Gasteiger partial charge in [-0.2, -0.15) is 0 Å². The predicted octanol–water partition coefficient (Wildman–Crippen LogP) is 2.85. The topological polar surface area (TPSA) is 63.6 Å². The average molecular weight is 369 g/mol. The van der Waals surface area contributed by atoms with Crippen LogP contribution in [0.5, 0.6) is 0 Å². The Labute approximate surface area is 131 Å². The second kappa shape index (κ2) is 5.61. The lowest BCUT2D eigenvalue weighted by molar-refractivity contribution is 0.616. The molecule has 0 aliphatic heterocycles. The van der Waals surface area contributed by atoms with Gasteiger partial charge in [0.05, 0.1) is 6.33 Å². The highest BCUT2D eigenvalue weighted by atomic mass is 79.9. The lowest BCUT2D eigenvalue weighted by Gasteiger charge is -2.04. The van der Waals surface area contributed by atoms with E-state index >= 15 is 0 Å². The highest BCUT2D eigenvalue weighted by molar-refractivity contribution is 9.10. The van der Waals surface area contributed by atoms with Crippen molar-refractivity contribution in [1.82, 2.24) is 19.5 Å². The van der Waals surface area contributed by atoms with Gasteiger partial charge in [-0.3, -0.25) is 4.79 Å². The molecule has 0 aliphatic carbocycles. The number of aromatic nitrogens is 4. The van der Waals surface area contributed by atoms with Gasteiger partial charge in [-0.15, -0.1) is 0 Å². The smallest absolute Gasteiger partial charge is 0.278 e. The number of thioether (sulfide) groups is 1. The van der Waals surface area contributed by atoms with E-state index in [9.17, 15) is 9.18 Å². The van der Waals surface area contributed by atoms with Crippen LogP contribution >= 0.6 is 27.7 Å². The van der Waals surface area contributed by atoms with Gasteiger partial charge in [0.15, 0.2) is 16.3 Å². The minimum absolute atomic E-state index is 0.272. The Hall–Kier alpha value is -1.67. The van der Waals surface area contributed by atoms with Crippen molar-refractivity contribution < 1.29 is 4.39 Å². The van der Waals surface area contributed by atoms with Crippen LogP contribution < -0.4 is 5.56 Å². The number of imidazole rings is 1. The summed E-state index contributed by atoms with van der Waals surface area (Å²) in [5, 5.41) is 0.622. The molecule has 2 heterocycles. The summed E-state index contributed by atoms with van der Waals surface area (Å²) >= 11 is 4.58. The molecule has 3 rings (SSSR count). The number of H-pyrrole nitrogens is 1. The first-order chi connectivity index (χ1) is 10.1. The van der Waals surface area contributed by atoms with Gasteiger partial charge in [-0.05, 0) is 17.7 Å². The zero-order chi connectivity index (χ0) is 15.0. The van der Waals surface area contributed by atoms with E-state index in [0.717, 1.165) is 0 Å². The van der Waals surface area contributed by atoms with E-state index in [2.05, 4.69) is 30.9 Å². The Morgan fingerprint density at radius 1 is 1.48 bits per heavy atom. The normalized spacial score (nSPS) is 11.2. The third-order valence-electron chi connectivity index (χ3n) is 2.99. The second-order valence-corrected chi connectivity index (χ2v) is 6.24. The molecule has 3 aromatic rings. The highest BCUT2D eigenvalue weighted by Crippen LogP contribution is 2.26. The van der Waals surface area contributed by atoms with Crippen LogP contribution in [0.25, 0.3) is 11.2 Å². The number of nitrogens with one attached hydrogen (secondary N) is 1. The summed E-state index contributed by atoms with van der Waals surface area (Å²) in [6.45, 7) is 0. The second-order valence-electron chi connectivity index (χ2n) is 4.38. The van der Waals surface area contributed by atoms with Gasteiger partial charge in [0, 0.05) is 17.3 Å². The summed E-state index contributed by atoms with van der Waals surface area (Å²) in [4.78, 5) is 22.5. The fourth-order valence-corrected chi connectivity index (χ4v) is 3.19. The van der Waals surface area contributed by atoms with Crippen LogP contribution in [0.2, 0.25) is 0 Å². The number of hydrogen-bond donors (Lipinski definition) is 1. The molecule has 0 aliphatic rings. The molecule has 1 aromatic carbocycles. The van der Waals surface area contributed by atoms with Gasteiger partial charge < -0.3 is 9.55 Å². The number of aromatic amines is 1. The van der Waals surface area contributed by atoms with E-state index in [1.54, 1.807) is 23.7 Å². The third-order valence-corrected chi connectivity index (χ3v) is 4.57. The first kappa shape index (κ1) is 14.3. The van der Waals surface area contributed by atoms with Gasteiger partial charge in [0.25, 0.3) is 5.56 Å². The number of nitrogens with zero attached hydrogens (tertiary/aromatic N) is 3. The van der Waals surface area contributed by atoms with E-state index in [-0.39, 0.29) is 11.4 Å². The number of aryl methyl sites for hydroxylation is 1. The predicted molar refractivity (Wildman–Crippen MR) is 82.8 cm³/mol. The molecule has 0 bridgehead atoms. The molecule has 108 valence electrons. The summed E-state index contributed by atoms with van der Waals surface area (Å²) in [7, 11) is 1.78. The molecular weight excluding hydrogens is 359 g/mol. The molecular formula is C13H10BrFN4OS. The Morgan fingerprint density at radius 3 is 3.00 bits per heavy atom. The summed E-state index contributed by atoms with van der Waals surface area (Å²) in [5.74, 6) is 0.153. The Balaban J connectivity index is 1.90. The summed E-state index contributed by atoms with van der Waals surface area (Å²) in [6.07, 6.45) is 1.34. The fourth-order valence-electron chi connectivity index (χ4n) is 1.90. The largest absolute Gasteiger partial charge is 0.311 e. The molecule has 0 spiro atoms. The number of rotatable bonds is 3. The Morgan fingerprint density at radius 2 is 2.29 bits per heavy atom. The quantitative estimate of drug-likeness (QED) is 0.722. The van der Waals surface area contributed by atoms with E-state index in [4.69, 9.17) is 0 Å². The number of hydrogen-bond acceptors (Lipinski definition) is 4. The van der Waals surface area contributed by atoms with Crippen molar-refractivity contribution in [3.63, 3.8) is 0 Å². The fraction of sp³-hybridized carbons (Fsp3) is 0.154. The molecule has 0 radical (unpaired) electrons. The van der Waals surface area contributed by atoms with E-state index in [1.165, 1.54) is 24.2 Å². The zero-order valence-corrected chi connectivity index (χ0v) is 13.3. The standard InChI is InChI=1S/C13H10BrFN4OS/c1-19-11-10(12(20)17-6-16-11)18-13(19)21-5-7-2-3-8(14)4-9(7)15/h2-4,6H,5H2,1H3,(H,16,17,20). The zero-order valence-electron chi connectivity index (χ0n) is 10.9. The molecule has 0 atom stereocenters. The van der Waals surface area contributed by atoms with Crippen molar-refractivity contribution in [3.8, 4) is 0 Å². The molecule has 0 saturated carbocycles. The molecule has 2 aromatic heterocycles. The van der Waals surface area contributed by atoms with Crippen molar-refractivity contribution >= 4 is 38.9 Å². The van der Waals surface area contributed by atoms with Crippen LogP contribution in [0.1, 0.15) is 5.56 Å². The highest BCUT2D eigenvalue weighted by Gasteiger charge is 2.13. The summed E-state index contributed by atoms with van der Waals surface area (Å²) in [5.41, 5.74) is 1.10. The lowest BCUT2D eigenvalue weighted by Crippen LogP contribution is -2.06. The first-order valence-electron chi connectivity index (χ1n) is 6.03. The van der Waals surface area contributed by atoms with Crippen molar-refractivity contribution in [2.24, 2.45) is 7.05 Å².